The van der Waals surface area contributed by atoms with E-state index in [0.717, 1.165) is 4.68 Å². The molecule has 0 bridgehead atoms. The normalized spacial score (nSPS) is 11.2. The third-order valence-electron chi connectivity index (χ3n) is 1.70. The van der Waals surface area contributed by atoms with Crippen LogP contribution in [0.25, 0.3) is 0 Å². The number of halogens is 2. The highest BCUT2D eigenvalue weighted by Gasteiger charge is 2.06. The SMILES string of the molecule is COCCNCc1cn(CC(F)F)nn1. The van der Waals surface area contributed by atoms with Gasteiger partial charge < -0.3 is 10.1 Å². The van der Waals surface area contributed by atoms with Gasteiger partial charge in [0, 0.05) is 26.4 Å². The summed E-state index contributed by atoms with van der Waals surface area (Å²) in [6.07, 6.45) is -0.896. The van der Waals surface area contributed by atoms with Crippen molar-refractivity contribution in [3.05, 3.63) is 11.9 Å². The molecule has 1 aromatic heterocycles. The molecule has 1 N–H and O–H groups in total. The van der Waals surface area contributed by atoms with E-state index in [2.05, 4.69) is 15.6 Å². The van der Waals surface area contributed by atoms with Crippen molar-refractivity contribution < 1.29 is 13.5 Å². The smallest absolute Gasteiger partial charge is 0.257 e. The zero-order valence-electron chi connectivity index (χ0n) is 8.49. The fraction of sp³-hybridized carbons (Fsp3) is 0.750. The molecule has 0 saturated carbocycles. The molecule has 0 radical (unpaired) electrons. The third kappa shape index (κ3) is 4.80. The van der Waals surface area contributed by atoms with Gasteiger partial charge in [0.05, 0.1) is 12.3 Å². The summed E-state index contributed by atoms with van der Waals surface area (Å²) in [6.45, 7) is 1.39. The van der Waals surface area contributed by atoms with Crippen molar-refractivity contribution in [1.29, 1.82) is 0 Å². The minimum atomic E-state index is -2.40. The molecule has 1 aromatic rings. The number of hydrogen-bond acceptors (Lipinski definition) is 4. The van der Waals surface area contributed by atoms with Crippen LogP contribution in [-0.4, -0.2) is 41.7 Å². The number of methoxy groups -OCH3 is 1. The second kappa shape index (κ2) is 6.41. The maximum Gasteiger partial charge on any atom is 0.257 e. The van der Waals surface area contributed by atoms with Gasteiger partial charge in [-0.05, 0) is 0 Å². The van der Waals surface area contributed by atoms with E-state index in [1.54, 1.807) is 7.11 Å². The molecular weight excluding hydrogens is 206 g/mol. The average molecular weight is 220 g/mol. The van der Waals surface area contributed by atoms with Gasteiger partial charge in [-0.25, -0.2) is 13.5 Å². The third-order valence-corrected chi connectivity index (χ3v) is 1.70. The summed E-state index contributed by atoms with van der Waals surface area (Å²) in [5.74, 6) is 0. The van der Waals surface area contributed by atoms with Crippen LogP contribution in [0.15, 0.2) is 6.20 Å². The Balaban J connectivity index is 2.26. The molecule has 0 aliphatic carbocycles. The van der Waals surface area contributed by atoms with Crippen molar-refractivity contribution in [2.45, 2.75) is 19.5 Å². The average Bonchev–Trinajstić information content (AvgIpc) is 2.59. The van der Waals surface area contributed by atoms with Crippen LogP contribution < -0.4 is 5.32 Å². The fourth-order valence-electron chi connectivity index (χ4n) is 1.04. The first-order valence-corrected chi connectivity index (χ1v) is 4.59. The predicted molar refractivity (Wildman–Crippen MR) is 49.6 cm³/mol. The molecule has 0 amide bonds. The molecule has 0 aromatic carbocycles. The van der Waals surface area contributed by atoms with Crippen LogP contribution in [0.2, 0.25) is 0 Å². The topological polar surface area (TPSA) is 52.0 Å². The molecule has 0 spiro atoms. The van der Waals surface area contributed by atoms with Gasteiger partial charge in [-0.15, -0.1) is 5.10 Å². The number of aromatic nitrogens is 3. The van der Waals surface area contributed by atoms with Crippen LogP contribution in [0.1, 0.15) is 5.69 Å². The van der Waals surface area contributed by atoms with E-state index < -0.39 is 13.0 Å². The number of nitrogens with zero attached hydrogens (tertiary/aromatic N) is 3. The lowest BCUT2D eigenvalue weighted by molar-refractivity contribution is 0.121. The van der Waals surface area contributed by atoms with Gasteiger partial charge in [-0.3, -0.25) is 0 Å². The van der Waals surface area contributed by atoms with Gasteiger partial charge in [0.25, 0.3) is 6.43 Å². The van der Waals surface area contributed by atoms with E-state index in [4.69, 9.17) is 4.74 Å². The zero-order chi connectivity index (χ0) is 11.1. The lowest BCUT2D eigenvalue weighted by Gasteiger charge is -2.00. The Morgan fingerprint density at radius 3 is 3.07 bits per heavy atom. The van der Waals surface area contributed by atoms with Gasteiger partial charge >= 0.3 is 0 Å². The van der Waals surface area contributed by atoms with Crippen LogP contribution in [0, 0.1) is 0 Å². The largest absolute Gasteiger partial charge is 0.383 e. The van der Waals surface area contributed by atoms with Crippen molar-refractivity contribution in [3.8, 4) is 0 Å². The van der Waals surface area contributed by atoms with Crippen LogP contribution >= 0.6 is 0 Å². The maximum absolute atomic E-state index is 12.0. The lowest BCUT2D eigenvalue weighted by atomic mass is 10.4. The Morgan fingerprint density at radius 2 is 2.40 bits per heavy atom. The maximum atomic E-state index is 12.0. The first kappa shape index (κ1) is 12.0. The summed E-state index contributed by atoms with van der Waals surface area (Å²) in [7, 11) is 1.61. The number of nitrogens with one attached hydrogen (secondary N) is 1. The Kier molecular flexibility index (Phi) is 5.13. The van der Waals surface area contributed by atoms with Crippen LogP contribution in [0.4, 0.5) is 8.78 Å². The van der Waals surface area contributed by atoms with Crippen molar-refractivity contribution >= 4 is 0 Å². The van der Waals surface area contributed by atoms with Crippen LogP contribution in [0.3, 0.4) is 0 Å². The highest BCUT2D eigenvalue weighted by atomic mass is 19.3. The van der Waals surface area contributed by atoms with Crippen molar-refractivity contribution in [3.63, 3.8) is 0 Å². The Bertz CT molecular complexity index is 279. The van der Waals surface area contributed by atoms with Gasteiger partial charge in [-0.1, -0.05) is 5.21 Å². The predicted octanol–water partition coefficient (Wildman–Crippen LogP) is 0.279. The van der Waals surface area contributed by atoms with Crippen molar-refractivity contribution in [1.82, 2.24) is 20.3 Å². The minimum absolute atomic E-state index is 0.412. The van der Waals surface area contributed by atoms with Gasteiger partial charge in [0.2, 0.25) is 0 Å². The van der Waals surface area contributed by atoms with E-state index in [0.29, 0.717) is 25.4 Å². The molecular formula is C8H14F2N4O. The molecule has 0 saturated heterocycles. The van der Waals surface area contributed by atoms with Gasteiger partial charge in [0.15, 0.2) is 0 Å². The van der Waals surface area contributed by atoms with Gasteiger partial charge in [0.1, 0.15) is 6.54 Å². The van der Waals surface area contributed by atoms with E-state index in [-0.39, 0.29) is 0 Å². The Labute approximate surface area is 86.4 Å². The molecule has 0 aliphatic heterocycles. The Hall–Kier alpha value is -1.08. The lowest BCUT2D eigenvalue weighted by Crippen LogP contribution is -2.18. The summed E-state index contributed by atoms with van der Waals surface area (Å²) in [5.41, 5.74) is 0.645. The van der Waals surface area contributed by atoms with Crippen LogP contribution in [0.5, 0.6) is 0 Å². The molecule has 1 rings (SSSR count). The van der Waals surface area contributed by atoms with E-state index in [1.807, 2.05) is 0 Å². The summed E-state index contributed by atoms with van der Waals surface area (Å²) >= 11 is 0. The Morgan fingerprint density at radius 1 is 1.60 bits per heavy atom. The fourth-order valence-corrected chi connectivity index (χ4v) is 1.04. The number of rotatable bonds is 7. The van der Waals surface area contributed by atoms with E-state index >= 15 is 0 Å². The second-order valence-corrected chi connectivity index (χ2v) is 2.99. The highest BCUT2D eigenvalue weighted by Crippen LogP contribution is 1.98. The summed E-state index contributed by atoms with van der Waals surface area (Å²) in [6, 6.07) is 0. The van der Waals surface area contributed by atoms with E-state index in [1.165, 1.54) is 6.20 Å². The number of alkyl halides is 2. The van der Waals surface area contributed by atoms with E-state index in [9.17, 15) is 8.78 Å². The zero-order valence-corrected chi connectivity index (χ0v) is 8.49. The molecule has 0 atom stereocenters. The summed E-state index contributed by atoms with van der Waals surface area (Å²) in [5, 5.41) is 10.4. The van der Waals surface area contributed by atoms with Crippen molar-refractivity contribution in [2.75, 3.05) is 20.3 Å². The monoisotopic (exact) mass is 220 g/mol. The first-order chi connectivity index (χ1) is 7.22. The standard InChI is InChI=1S/C8H14F2N4O/c1-15-3-2-11-4-7-5-14(13-12-7)6-8(9)10/h5,8,11H,2-4,6H2,1H3. The molecule has 0 fully saturated rings. The number of ether oxygens (including phenoxy) is 1. The quantitative estimate of drug-likeness (QED) is 0.670. The minimum Gasteiger partial charge on any atom is -0.383 e. The summed E-state index contributed by atoms with van der Waals surface area (Å²) < 4.78 is 29.9. The summed E-state index contributed by atoms with van der Waals surface area (Å²) in [4.78, 5) is 0. The first-order valence-electron chi connectivity index (χ1n) is 4.59. The molecule has 0 unspecified atom stereocenters. The van der Waals surface area contributed by atoms with Gasteiger partial charge in [-0.2, -0.15) is 0 Å². The molecule has 15 heavy (non-hydrogen) atoms. The van der Waals surface area contributed by atoms with Crippen LogP contribution in [-0.2, 0) is 17.8 Å². The molecule has 86 valence electrons. The highest BCUT2D eigenvalue weighted by molar-refractivity contribution is 4.91. The van der Waals surface area contributed by atoms with Crippen molar-refractivity contribution in [2.24, 2.45) is 0 Å². The number of hydrogen-bond donors (Lipinski definition) is 1. The second-order valence-electron chi connectivity index (χ2n) is 2.99. The molecule has 1 heterocycles. The molecule has 5 nitrogen and oxygen atoms in total. The molecule has 7 heteroatoms. The molecule has 0 aliphatic rings.